The Bertz CT molecular complexity index is 1630. The Morgan fingerprint density at radius 2 is 1.93 bits per heavy atom. The van der Waals surface area contributed by atoms with E-state index in [1.165, 1.54) is 29.8 Å². The molecule has 0 aliphatic heterocycles. The first kappa shape index (κ1) is 29.7. The van der Waals surface area contributed by atoms with Gasteiger partial charge in [-0.3, -0.25) is 9.59 Å². The van der Waals surface area contributed by atoms with Gasteiger partial charge in [0.2, 0.25) is 5.91 Å². The fourth-order valence-corrected chi connectivity index (χ4v) is 7.98. The SMILES string of the molecule is C=CCn1c(=NC(=O)CS(=O)(=O)CC(=O)Nc2sc3c(c2C(=O)OC)CCCCC3)sc2cc(OCC)ccc21. The van der Waals surface area contributed by atoms with Crippen molar-refractivity contribution in [2.45, 2.75) is 45.6 Å². The summed E-state index contributed by atoms with van der Waals surface area (Å²) in [4.78, 5) is 43.3. The number of nitrogens with zero attached hydrogens (tertiary/aromatic N) is 2. The molecule has 1 aromatic carbocycles. The number of aryl methyl sites for hydroxylation is 1. The summed E-state index contributed by atoms with van der Waals surface area (Å²) in [7, 11) is -2.88. The van der Waals surface area contributed by atoms with Gasteiger partial charge in [-0.2, -0.15) is 4.99 Å². The zero-order valence-electron chi connectivity index (χ0n) is 22.4. The third-order valence-corrected chi connectivity index (χ3v) is 9.89. The lowest BCUT2D eigenvalue weighted by molar-refractivity contribution is -0.115. The Balaban J connectivity index is 1.51. The number of nitrogens with one attached hydrogen (secondary N) is 1. The van der Waals surface area contributed by atoms with Crippen LogP contribution in [0.4, 0.5) is 5.00 Å². The maximum atomic E-state index is 12.8. The van der Waals surface area contributed by atoms with Crippen LogP contribution in [0.2, 0.25) is 0 Å². The highest BCUT2D eigenvalue weighted by Crippen LogP contribution is 2.38. The molecule has 0 radical (unpaired) electrons. The van der Waals surface area contributed by atoms with Crippen molar-refractivity contribution in [3.8, 4) is 5.75 Å². The Labute approximate surface area is 240 Å². The third-order valence-electron chi connectivity index (χ3n) is 6.26. The zero-order chi connectivity index (χ0) is 28.9. The summed E-state index contributed by atoms with van der Waals surface area (Å²) >= 11 is 2.50. The molecule has 0 saturated heterocycles. The molecular formula is C27H31N3O7S3. The van der Waals surface area contributed by atoms with E-state index in [9.17, 15) is 22.8 Å². The Morgan fingerprint density at radius 3 is 2.65 bits per heavy atom. The fraction of sp³-hybridized carbons (Fsp3) is 0.407. The second-order valence-electron chi connectivity index (χ2n) is 9.19. The molecule has 0 fully saturated rings. The highest BCUT2D eigenvalue weighted by atomic mass is 32.2. The van der Waals surface area contributed by atoms with Crippen molar-refractivity contribution in [3.63, 3.8) is 0 Å². The standard InChI is InChI=1S/C27H31N3O7S3/c1-4-13-30-19-12-11-17(37-5-2)14-21(19)39-27(30)29-23(32)16-40(34,35)15-22(31)28-25-24(26(33)36-3)18-9-7-6-8-10-20(18)38-25/h4,11-12,14H,1,5-10,13,15-16H2,2-3H3,(H,28,31). The van der Waals surface area contributed by atoms with E-state index in [0.29, 0.717) is 30.1 Å². The van der Waals surface area contributed by atoms with Crippen molar-refractivity contribution < 1.29 is 32.3 Å². The number of fused-ring (bicyclic) bond motifs is 2. The maximum absolute atomic E-state index is 12.8. The summed E-state index contributed by atoms with van der Waals surface area (Å²) in [5, 5.41) is 2.85. The predicted octanol–water partition coefficient (Wildman–Crippen LogP) is 3.89. The molecule has 2 heterocycles. The number of esters is 1. The van der Waals surface area contributed by atoms with Crippen LogP contribution in [0.15, 0.2) is 35.8 Å². The van der Waals surface area contributed by atoms with Gasteiger partial charge in [0, 0.05) is 11.4 Å². The number of anilines is 1. The number of allylic oxidation sites excluding steroid dienone is 1. The quantitative estimate of drug-likeness (QED) is 0.211. The molecule has 214 valence electrons. The lowest BCUT2D eigenvalue weighted by Gasteiger charge is -2.07. The number of aromatic nitrogens is 1. The van der Waals surface area contributed by atoms with Gasteiger partial charge in [0.1, 0.15) is 22.3 Å². The average Bonchev–Trinajstić information content (AvgIpc) is 3.29. The van der Waals surface area contributed by atoms with Crippen molar-refractivity contribution in [3.05, 3.63) is 51.7 Å². The molecule has 1 aliphatic carbocycles. The van der Waals surface area contributed by atoms with E-state index in [1.807, 2.05) is 25.1 Å². The lowest BCUT2D eigenvalue weighted by atomic mass is 10.1. The first-order chi connectivity index (χ1) is 19.2. The average molecular weight is 606 g/mol. The second-order valence-corrected chi connectivity index (χ2v) is 13.4. The van der Waals surface area contributed by atoms with E-state index < -0.39 is 39.1 Å². The van der Waals surface area contributed by atoms with Crippen LogP contribution >= 0.6 is 22.7 Å². The number of sulfone groups is 1. The smallest absolute Gasteiger partial charge is 0.341 e. The molecular weight excluding hydrogens is 575 g/mol. The van der Waals surface area contributed by atoms with Crippen LogP contribution in [-0.4, -0.2) is 56.0 Å². The van der Waals surface area contributed by atoms with Crippen LogP contribution < -0.4 is 14.9 Å². The fourth-order valence-electron chi connectivity index (χ4n) is 4.59. The minimum atomic E-state index is -4.15. The number of ether oxygens (including phenoxy) is 2. The number of amides is 2. The summed E-state index contributed by atoms with van der Waals surface area (Å²) < 4.78 is 38.6. The van der Waals surface area contributed by atoms with E-state index in [2.05, 4.69) is 16.9 Å². The second kappa shape index (κ2) is 12.9. The minimum Gasteiger partial charge on any atom is -0.494 e. The van der Waals surface area contributed by atoms with Crippen molar-refractivity contribution in [1.82, 2.24) is 4.57 Å². The van der Waals surface area contributed by atoms with E-state index in [4.69, 9.17) is 9.47 Å². The Morgan fingerprint density at radius 1 is 1.15 bits per heavy atom. The van der Waals surface area contributed by atoms with Gasteiger partial charge in [-0.1, -0.05) is 23.8 Å². The maximum Gasteiger partial charge on any atom is 0.341 e. The zero-order valence-corrected chi connectivity index (χ0v) is 24.8. The Hall–Kier alpha value is -3.29. The number of carbonyl (C=O) groups is 3. The van der Waals surface area contributed by atoms with Gasteiger partial charge < -0.3 is 19.4 Å². The van der Waals surface area contributed by atoms with Gasteiger partial charge in [-0.15, -0.1) is 17.9 Å². The molecule has 0 atom stereocenters. The highest BCUT2D eigenvalue weighted by Gasteiger charge is 2.28. The molecule has 0 bridgehead atoms. The molecule has 40 heavy (non-hydrogen) atoms. The van der Waals surface area contributed by atoms with Crippen LogP contribution in [0.1, 0.15) is 47.0 Å². The number of benzene rings is 1. The number of rotatable bonds is 10. The monoisotopic (exact) mass is 605 g/mol. The van der Waals surface area contributed by atoms with Crippen LogP contribution in [0.3, 0.4) is 0 Å². The van der Waals surface area contributed by atoms with Gasteiger partial charge in [-0.25, -0.2) is 13.2 Å². The summed E-state index contributed by atoms with van der Waals surface area (Å²) in [6, 6.07) is 5.49. The molecule has 1 aliphatic rings. The third kappa shape index (κ3) is 6.88. The summed E-state index contributed by atoms with van der Waals surface area (Å²) in [5.74, 6) is -3.48. The number of hydrogen-bond acceptors (Lipinski definition) is 9. The molecule has 0 spiro atoms. The minimum absolute atomic E-state index is 0.275. The summed E-state index contributed by atoms with van der Waals surface area (Å²) in [6.07, 6.45) is 6.06. The summed E-state index contributed by atoms with van der Waals surface area (Å²) in [5.41, 5.74) is 1.94. The van der Waals surface area contributed by atoms with Gasteiger partial charge in [0.25, 0.3) is 5.91 Å². The van der Waals surface area contributed by atoms with Gasteiger partial charge in [0.15, 0.2) is 14.6 Å². The molecule has 0 unspecified atom stereocenters. The van der Waals surface area contributed by atoms with E-state index in [0.717, 1.165) is 46.3 Å². The molecule has 1 N–H and O–H groups in total. The van der Waals surface area contributed by atoms with E-state index in [1.54, 1.807) is 10.6 Å². The number of carbonyl (C=O) groups excluding carboxylic acids is 3. The van der Waals surface area contributed by atoms with Gasteiger partial charge in [0.05, 0.1) is 29.5 Å². The largest absolute Gasteiger partial charge is 0.494 e. The van der Waals surface area contributed by atoms with Gasteiger partial charge in [-0.05, 0) is 56.4 Å². The molecule has 0 saturated carbocycles. The van der Waals surface area contributed by atoms with Crippen LogP contribution in [-0.2, 0) is 43.5 Å². The Kier molecular flexibility index (Phi) is 9.59. The molecule has 4 rings (SSSR count). The van der Waals surface area contributed by atoms with Crippen molar-refractivity contribution >= 4 is 65.5 Å². The van der Waals surface area contributed by atoms with Gasteiger partial charge >= 0.3 is 5.97 Å². The number of methoxy groups -OCH3 is 1. The first-order valence-corrected chi connectivity index (χ1v) is 16.3. The predicted molar refractivity (Wildman–Crippen MR) is 156 cm³/mol. The van der Waals surface area contributed by atoms with Crippen LogP contribution in [0.5, 0.6) is 5.75 Å². The first-order valence-electron chi connectivity index (χ1n) is 12.8. The molecule has 10 nitrogen and oxygen atoms in total. The summed E-state index contributed by atoms with van der Waals surface area (Å²) in [6.45, 7) is 6.49. The number of hydrogen-bond donors (Lipinski definition) is 1. The molecule has 13 heteroatoms. The van der Waals surface area contributed by atoms with Crippen molar-refractivity contribution in [2.75, 3.05) is 30.5 Å². The molecule has 3 aromatic rings. The number of thiophene rings is 1. The topological polar surface area (TPSA) is 133 Å². The van der Waals surface area contributed by atoms with Crippen molar-refractivity contribution in [1.29, 1.82) is 0 Å². The lowest BCUT2D eigenvalue weighted by Crippen LogP contribution is -2.28. The van der Waals surface area contributed by atoms with Crippen molar-refractivity contribution in [2.24, 2.45) is 4.99 Å². The number of thiazole rings is 1. The van der Waals surface area contributed by atoms with E-state index in [-0.39, 0.29) is 10.6 Å². The molecule has 2 aromatic heterocycles. The van der Waals surface area contributed by atoms with Crippen LogP contribution in [0.25, 0.3) is 10.2 Å². The molecule has 2 amide bonds. The van der Waals surface area contributed by atoms with E-state index >= 15 is 0 Å². The van der Waals surface area contributed by atoms with Crippen LogP contribution in [0, 0.1) is 0 Å². The highest BCUT2D eigenvalue weighted by molar-refractivity contribution is 7.92. The normalized spacial score (nSPS) is 13.9.